The summed E-state index contributed by atoms with van der Waals surface area (Å²) >= 11 is 0. The van der Waals surface area contributed by atoms with Crippen molar-refractivity contribution >= 4 is 5.91 Å². The van der Waals surface area contributed by atoms with Gasteiger partial charge in [-0.2, -0.15) is 13.2 Å². The monoisotopic (exact) mass is 289 g/mol. The smallest absolute Gasteiger partial charge is 0.352 e. The summed E-state index contributed by atoms with van der Waals surface area (Å²) in [7, 11) is 1.40. The van der Waals surface area contributed by atoms with E-state index in [1.54, 1.807) is 12.1 Å². The molecular formula is C13H18F3N3O. The molecule has 1 N–H and O–H groups in total. The molecule has 1 heterocycles. The van der Waals surface area contributed by atoms with E-state index in [1.807, 2.05) is 6.92 Å². The first-order valence-corrected chi connectivity index (χ1v) is 6.24. The third-order valence-corrected chi connectivity index (χ3v) is 2.62. The van der Waals surface area contributed by atoms with Crippen molar-refractivity contribution in [1.82, 2.24) is 15.2 Å². The van der Waals surface area contributed by atoms with Crippen LogP contribution >= 0.6 is 0 Å². The van der Waals surface area contributed by atoms with Crippen LogP contribution < -0.4 is 5.32 Å². The molecule has 0 aliphatic rings. The van der Waals surface area contributed by atoms with Crippen molar-refractivity contribution in [3.05, 3.63) is 29.6 Å². The van der Waals surface area contributed by atoms with Crippen LogP contribution in [-0.4, -0.2) is 48.6 Å². The third-order valence-electron chi connectivity index (χ3n) is 2.62. The van der Waals surface area contributed by atoms with E-state index in [2.05, 4.69) is 10.3 Å². The van der Waals surface area contributed by atoms with E-state index in [1.165, 1.54) is 18.1 Å². The minimum atomic E-state index is -4.19. The molecule has 0 aliphatic carbocycles. The Morgan fingerprint density at radius 3 is 2.65 bits per heavy atom. The van der Waals surface area contributed by atoms with E-state index in [-0.39, 0.29) is 12.5 Å². The van der Waals surface area contributed by atoms with Gasteiger partial charge < -0.3 is 5.32 Å². The zero-order valence-electron chi connectivity index (χ0n) is 11.5. The van der Waals surface area contributed by atoms with Gasteiger partial charge >= 0.3 is 6.18 Å². The number of pyridine rings is 1. The predicted octanol–water partition coefficient (Wildman–Crippen LogP) is 2.00. The highest BCUT2D eigenvalue weighted by atomic mass is 19.4. The molecular weight excluding hydrogens is 271 g/mol. The van der Waals surface area contributed by atoms with Crippen LogP contribution in [0.4, 0.5) is 13.2 Å². The topological polar surface area (TPSA) is 45.2 Å². The van der Waals surface area contributed by atoms with Gasteiger partial charge in [-0.15, -0.1) is 0 Å². The van der Waals surface area contributed by atoms with Crippen LogP contribution in [0.1, 0.15) is 22.5 Å². The van der Waals surface area contributed by atoms with Crippen LogP contribution in [0.15, 0.2) is 18.3 Å². The number of aryl methyl sites for hydroxylation is 1. The Hall–Kier alpha value is -1.63. The molecule has 0 saturated carbocycles. The number of hydrogen-bond acceptors (Lipinski definition) is 3. The fourth-order valence-electron chi connectivity index (χ4n) is 1.64. The fraction of sp³-hybridized carbons (Fsp3) is 0.538. The molecule has 0 fully saturated rings. The van der Waals surface area contributed by atoms with Gasteiger partial charge in [-0.25, -0.2) is 0 Å². The number of halogens is 3. The van der Waals surface area contributed by atoms with Gasteiger partial charge in [0.25, 0.3) is 5.91 Å². The van der Waals surface area contributed by atoms with Gasteiger partial charge in [0, 0.05) is 18.4 Å². The standard InChI is InChI=1S/C13H18F3N3O/c1-10-4-5-11(8-18-10)12(20)17-6-3-7-19(2)9-13(14,15)16/h4-5,8H,3,6-7,9H2,1-2H3,(H,17,20). The lowest BCUT2D eigenvalue weighted by Gasteiger charge is -2.18. The van der Waals surface area contributed by atoms with Crippen molar-refractivity contribution in [2.24, 2.45) is 0 Å². The second-order valence-electron chi connectivity index (χ2n) is 4.65. The Bertz CT molecular complexity index is 431. The van der Waals surface area contributed by atoms with Crippen LogP contribution in [0.3, 0.4) is 0 Å². The number of aromatic nitrogens is 1. The number of hydrogen-bond donors (Lipinski definition) is 1. The highest BCUT2D eigenvalue weighted by Gasteiger charge is 2.28. The van der Waals surface area contributed by atoms with E-state index in [0.29, 0.717) is 18.5 Å². The number of carbonyl (C=O) groups is 1. The summed E-state index contributed by atoms with van der Waals surface area (Å²) in [5.74, 6) is -0.268. The molecule has 0 atom stereocenters. The van der Waals surface area contributed by atoms with Crippen molar-refractivity contribution in [1.29, 1.82) is 0 Å². The van der Waals surface area contributed by atoms with E-state index >= 15 is 0 Å². The molecule has 1 aromatic rings. The predicted molar refractivity (Wildman–Crippen MR) is 69.5 cm³/mol. The van der Waals surface area contributed by atoms with Gasteiger partial charge in [0.1, 0.15) is 0 Å². The maximum atomic E-state index is 12.1. The molecule has 7 heteroatoms. The maximum Gasteiger partial charge on any atom is 0.401 e. The fourth-order valence-corrected chi connectivity index (χ4v) is 1.64. The maximum absolute atomic E-state index is 12.1. The lowest BCUT2D eigenvalue weighted by atomic mass is 10.2. The number of nitrogens with zero attached hydrogens (tertiary/aromatic N) is 2. The van der Waals surface area contributed by atoms with E-state index < -0.39 is 12.7 Å². The summed E-state index contributed by atoms with van der Waals surface area (Å²) in [6.45, 7) is 1.47. The summed E-state index contributed by atoms with van der Waals surface area (Å²) in [6.07, 6.45) is -2.26. The summed E-state index contributed by atoms with van der Waals surface area (Å²) in [5, 5.41) is 2.65. The number of rotatable bonds is 6. The molecule has 0 aliphatic heterocycles. The van der Waals surface area contributed by atoms with Crippen LogP contribution in [0.2, 0.25) is 0 Å². The number of alkyl halides is 3. The summed E-state index contributed by atoms with van der Waals surface area (Å²) < 4.78 is 36.2. The molecule has 0 radical (unpaired) electrons. The van der Waals surface area contributed by atoms with Crippen molar-refractivity contribution in [2.45, 2.75) is 19.5 Å². The van der Waals surface area contributed by atoms with Crippen LogP contribution in [0.5, 0.6) is 0 Å². The Balaban J connectivity index is 2.24. The van der Waals surface area contributed by atoms with Crippen molar-refractivity contribution in [3.63, 3.8) is 0 Å². The Labute approximate surface area is 116 Å². The molecule has 4 nitrogen and oxygen atoms in total. The molecule has 0 aromatic carbocycles. The largest absolute Gasteiger partial charge is 0.401 e. The van der Waals surface area contributed by atoms with Gasteiger partial charge in [0.05, 0.1) is 12.1 Å². The first-order valence-electron chi connectivity index (χ1n) is 6.24. The van der Waals surface area contributed by atoms with Crippen LogP contribution in [0.25, 0.3) is 0 Å². The summed E-state index contributed by atoms with van der Waals surface area (Å²) in [6, 6.07) is 3.39. The Morgan fingerprint density at radius 2 is 2.10 bits per heavy atom. The quantitative estimate of drug-likeness (QED) is 0.815. The molecule has 0 spiro atoms. The lowest BCUT2D eigenvalue weighted by Crippen LogP contribution is -2.33. The normalized spacial score (nSPS) is 11.7. The molecule has 1 amide bonds. The second-order valence-corrected chi connectivity index (χ2v) is 4.65. The Kier molecular flexibility index (Phi) is 5.94. The molecule has 20 heavy (non-hydrogen) atoms. The molecule has 1 aromatic heterocycles. The third kappa shape index (κ3) is 6.51. The molecule has 0 saturated heterocycles. The van der Waals surface area contributed by atoms with Crippen molar-refractivity contribution in [2.75, 3.05) is 26.7 Å². The Morgan fingerprint density at radius 1 is 1.40 bits per heavy atom. The zero-order valence-corrected chi connectivity index (χ0v) is 11.5. The average molecular weight is 289 g/mol. The van der Waals surface area contributed by atoms with Gasteiger partial charge in [0.2, 0.25) is 0 Å². The number of carbonyl (C=O) groups excluding carboxylic acids is 1. The minimum absolute atomic E-state index is 0.268. The SMILES string of the molecule is Cc1ccc(C(=O)NCCCN(C)CC(F)(F)F)cn1. The van der Waals surface area contributed by atoms with E-state index in [9.17, 15) is 18.0 Å². The highest BCUT2D eigenvalue weighted by Crippen LogP contribution is 2.15. The summed E-state index contributed by atoms with van der Waals surface area (Å²) in [5.41, 5.74) is 1.26. The first-order chi connectivity index (χ1) is 9.28. The van der Waals surface area contributed by atoms with Crippen molar-refractivity contribution < 1.29 is 18.0 Å². The average Bonchev–Trinajstić information content (AvgIpc) is 2.33. The molecule has 1 rings (SSSR count). The second kappa shape index (κ2) is 7.23. The van der Waals surface area contributed by atoms with Crippen molar-refractivity contribution in [3.8, 4) is 0 Å². The highest BCUT2D eigenvalue weighted by molar-refractivity contribution is 5.93. The van der Waals surface area contributed by atoms with Gasteiger partial charge in [-0.1, -0.05) is 0 Å². The minimum Gasteiger partial charge on any atom is -0.352 e. The van der Waals surface area contributed by atoms with Gasteiger partial charge in [-0.05, 0) is 39.1 Å². The molecule has 0 unspecified atom stereocenters. The van der Waals surface area contributed by atoms with Crippen LogP contribution in [0, 0.1) is 6.92 Å². The lowest BCUT2D eigenvalue weighted by molar-refractivity contribution is -0.143. The summed E-state index contributed by atoms with van der Waals surface area (Å²) in [4.78, 5) is 16.9. The molecule has 0 bridgehead atoms. The van der Waals surface area contributed by atoms with Gasteiger partial charge in [-0.3, -0.25) is 14.7 Å². The first kappa shape index (κ1) is 16.4. The molecule has 112 valence electrons. The zero-order chi connectivity index (χ0) is 15.2. The number of nitrogens with one attached hydrogen (secondary N) is 1. The van der Waals surface area contributed by atoms with Crippen LogP contribution in [-0.2, 0) is 0 Å². The van der Waals surface area contributed by atoms with Gasteiger partial charge in [0.15, 0.2) is 0 Å². The number of amides is 1. The van der Waals surface area contributed by atoms with E-state index in [4.69, 9.17) is 0 Å². The van der Waals surface area contributed by atoms with E-state index in [0.717, 1.165) is 5.69 Å².